The van der Waals surface area contributed by atoms with Crippen molar-refractivity contribution in [1.29, 1.82) is 0 Å². The zero-order valence-electron chi connectivity index (χ0n) is 17.9. The molecule has 2 atom stereocenters. The highest BCUT2D eigenvalue weighted by atomic mass is 16.5. The van der Waals surface area contributed by atoms with Crippen LogP contribution in [0.25, 0.3) is 0 Å². The van der Waals surface area contributed by atoms with Gasteiger partial charge in [-0.25, -0.2) is 0 Å². The molecule has 0 spiro atoms. The fourth-order valence-corrected chi connectivity index (χ4v) is 4.14. The van der Waals surface area contributed by atoms with Gasteiger partial charge in [0.15, 0.2) is 6.04 Å². The number of rotatable bonds is 8. The molecule has 29 heavy (non-hydrogen) atoms. The van der Waals surface area contributed by atoms with Gasteiger partial charge in [-0.05, 0) is 31.0 Å². The molecule has 1 saturated heterocycles. The largest absolute Gasteiger partial charge is 0.495 e. The Bertz CT molecular complexity index is 773. The molecule has 3 rings (SSSR count). The number of quaternary nitrogens is 1. The zero-order valence-corrected chi connectivity index (χ0v) is 17.9. The summed E-state index contributed by atoms with van der Waals surface area (Å²) in [6.45, 7) is 8.67. The molecule has 1 heterocycles. The van der Waals surface area contributed by atoms with Crippen LogP contribution in [-0.2, 0) is 4.79 Å². The molecule has 0 aromatic heterocycles. The molecule has 1 fully saturated rings. The number of hydrogen-bond acceptors (Lipinski definition) is 3. The summed E-state index contributed by atoms with van der Waals surface area (Å²) in [6.07, 6.45) is 1.02. The van der Waals surface area contributed by atoms with E-state index in [2.05, 4.69) is 47.5 Å². The first-order valence-electron chi connectivity index (χ1n) is 10.7. The first-order valence-corrected chi connectivity index (χ1v) is 10.7. The van der Waals surface area contributed by atoms with Gasteiger partial charge in [-0.2, -0.15) is 0 Å². The highest BCUT2D eigenvalue weighted by molar-refractivity contribution is 5.80. The van der Waals surface area contributed by atoms with Crippen LogP contribution in [0.1, 0.15) is 31.7 Å². The fourth-order valence-electron chi connectivity index (χ4n) is 4.14. The van der Waals surface area contributed by atoms with E-state index in [0.29, 0.717) is 12.5 Å². The van der Waals surface area contributed by atoms with Crippen molar-refractivity contribution in [3.05, 3.63) is 60.2 Å². The van der Waals surface area contributed by atoms with E-state index in [4.69, 9.17) is 4.74 Å². The molecule has 5 nitrogen and oxygen atoms in total. The second kappa shape index (κ2) is 10.3. The number of amides is 1. The summed E-state index contributed by atoms with van der Waals surface area (Å²) in [6, 6.07) is 18.6. The van der Waals surface area contributed by atoms with Crippen molar-refractivity contribution in [1.82, 2.24) is 5.32 Å². The van der Waals surface area contributed by atoms with E-state index in [1.54, 1.807) is 7.11 Å². The normalized spacial score (nSPS) is 16.9. The molecule has 1 amide bonds. The summed E-state index contributed by atoms with van der Waals surface area (Å²) in [5, 5.41) is 3.20. The lowest BCUT2D eigenvalue weighted by molar-refractivity contribution is -0.914. The number of methoxy groups -OCH3 is 1. The van der Waals surface area contributed by atoms with E-state index in [1.165, 1.54) is 10.5 Å². The molecular formula is C24H34N3O2+. The highest BCUT2D eigenvalue weighted by Crippen LogP contribution is 2.27. The average Bonchev–Trinajstić information content (AvgIpc) is 2.79. The number of carbonyl (C=O) groups is 1. The van der Waals surface area contributed by atoms with Crippen LogP contribution in [0.3, 0.4) is 0 Å². The fraction of sp³-hybridized carbons (Fsp3) is 0.458. The summed E-state index contributed by atoms with van der Waals surface area (Å²) in [4.78, 5) is 16.5. The maximum Gasteiger partial charge on any atom is 0.278 e. The summed E-state index contributed by atoms with van der Waals surface area (Å²) < 4.78 is 5.50. The van der Waals surface area contributed by atoms with Gasteiger partial charge in [-0.3, -0.25) is 4.79 Å². The monoisotopic (exact) mass is 396 g/mol. The Kier molecular flexibility index (Phi) is 7.53. The van der Waals surface area contributed by atoms with Gasteiger partial charge in [-0.1, -0.05) is 49.4 Å². The predicted molar refractivity (Wildman–Crippen MR) is 118 cm³/mol. The smallest absolute Gasteiger partial charge is 0.278 e. The maximum atomic E-state index is 12.8. The predicted octanol–water partition coefficient (Wildman–Crippen LogP) is 2.10. The molecule has 2 aromatic carbocycles. The Morgan fingerprint density at radius 1 is 1.10 bits per heavy atom. The molecule has 2 aromatic rings. The number of anilines is 1. The van der Waals surface area contributed by atoms with Crippen LogP contribution in [0.2, 0.25) is 0 Å². The number of hydrogen-bond donors (Lipinski definition) is 2. The summed E-state index contributed by atoms with van der Waals surface area (Å²) in [5.41, 5.74) is 2.43. The van der Waals surface area contributed by atoms with Gasteiger partial charge >= 0.3 is 0 Å². The second-order valence-corrected chi connectivity index (χ2v) is 7.80. The summed E-state index contributed by atoms with van der Waals surface area (Å²) >= 11 is 0. The summed E-state index contributed by atoms with van der Waals surface area (Å²) in [7, 11) is 1.71. The van der Waals surface area contributed by atoms with Gasteiger partial charge in [0.25, 0.3) is 5.91 Å². The van der Waals surface area contributed by atoms with Crippen molar-refractivity contribution in [2.45, 2.75) is 32.2 Å². The molecule has 1 aliphatic heterocycles. The number of ether oxygens (including phenoxy) is 1. The molecule has 0 radical (unpaired) electrons. The Hall–Kier alpha value is -2.53. The standard InChI is InChI=1S/C24H33N3O2/c1-4-20(21-10-6-5-7-11-21)18-25-24(28)19(2)26-14-16-27(17-15-26)22-12-8-9-13-23(22)29-3/h5-13,19-20H,4,14-18H2,1-3H3,(H,25,28)/p+1/t19-,20-/m1/s1. The first kappa shape index (κ1) is 21.2. The van der Waals surface area contributed by atoms with Crippen LogP contribution in [0.5, 0.6) is 5.75 Å². The van der Waals surface area contributed by atoms with E-state index < -0.39 is 0 Å². The van der Waals surface area contributed by atoms with Crippen molar-refractivity contribution >= 4 is 11.6 Å². The molecule has 0 aliphatic carbocycles. The lowest BCUT2D eigenvalue weighted by Crippen LogP contribution is -3.19. The molecule has 0 bridgehead atoms. The number of para-hydroxylation sites is 2. The van der Waals surface area contributed by atoms with Crippen molar-refractivity contribution in [2.24, 2.45) is 0 Å². The summed E-state index contributed by atoms with van der Waals surface area (Å²) in [5.74, 6) is 1.43. The Balaban J connectivity index is 1.51. The second-order valence-electron chi connectivity index (χ2n) is 7.80. The van der Waals surface area contributed by atoms with Crippen LogP contribution >= 0.6 is 0 Å². The van der Waals surface area contributed by atoms with Gasteiger partial charge in [-0.15, -0.1) is 0 Å². The first-order chi connectivity index (χ1) is 14.1. The van der Waals surface area contributed by atoms with Gasteiger partial charge in [0.05, 0.1) is 39.0 Å². The number of nitrogens with one attached hydrogen (secondary N) is 2. The maximum absolute atomic E-state index is 12.8. The van der Waals surface area contributed by atoms with E-state index in [-0.39, 0.29) is 11.9 Å². The van der Waals surface area contributed by atoms with Crippen LogP contribution in [0.4, 0.5) is 5.69 Å². The zero-order chi connectivity index (χ0) is 20.6. The van der Waals surface area contributed by atoms with Gasteiger partial charge in [0.1, 0.15) is 5.75 Å². The third kappa shape index (κ3) is 5.30. The van der Waals surface area contributed by atoms with Crippen molar-refractivity contribution in [2.75, 3.05) is 44.7 Å². The van der Waals surface area contributed by atoms with Crippen molar-refractivity contribution < 1.29 is 14.4 Å². The molecule has 156 valence electrons. The van der Waals surface area contributed by atoms with Crippen LogP contribution in [-0.4, -0.2) is 51.8 Å². The molecule has 1 aliphatic rings. The molecular weight excluding hydrogens is 362 g/mol. The third-order valence-electron chi connectivity index (χ3n) is 6.12. The average molecular weight is 397 g/mol. The van der Waals surface area contributed by atoms with Crippen LogP contribution in [0.15, 0.2) is 54.6 Å². The van der Waals surface area contributed by atoms with E-state index >= 15 is 0 Å². The molecule has 0 unspecified atom stereocenters. The topological polar surface area (TPSA) is 46.0 Å². The van der Waals surface area contributed by atoms with Crippen molar-refractivity contribution in [3.63, 3.8) is 0 Å². The third-order valence-corrected chi connectivity index (χ3v) is 6.12. The van der Waals surface area contributed by atoms with Gasteiger partial charge < -0.3 is 19.9 Å². The highest BCUT2D eigenvalue weighted by Gasteiger charge is 2.30. The number of nitrogens with zero attached hydrogens (tertiary/aromatic N) is 1. The van der Waals surface area contributed by atoms with Crippen LogP contribution in [0, 0.1) is 0 Å². The number of benzene rings is 2. The number of piperazine rings is 1. The minimum Gasteiger partial charge on any atom is -0.495 e. The van der Waals surface area contributed by atoms with E-state index in [9.17, 15) is 4.79 Å². The van der Waals surface area contributed by atoms with Crippen LogP contribution < -0.4 is 19.9 Å². The van der Waals surface area contributed by atoms with E-state index in [1.807, 2.05) is 31.2 Å². The quantitative estimate of drug-likeness (QED) is 0.718. The Morgan fingerprint density at radius 3 is 2.41 bits per heavy atom. The minimum absolute atomic E-state index is 0.0388. The minimum atomic E-state index is -0.0388. The molecule has 5 heteroatoms. The lowest BCUT2D eigenvalue weighted by atomic mass is 9.96. The van der Waals surface area contributed by atoms with E-state index in [0.717, 1.165) is 44.0 Å². The molecule has 2 N–H and O–H groups in total. The van der Waals surface area contributed by atoms with Crippen molar-refractivity contribution in [3.8, 4) is 5.75 Å². The lowest BCUT2D eigenvalue weighted by Gasteiger charge is -2.36. The number of carbonyl (C=O) groups excluding carboxylic acids is 1. The van der Waals surface area contributed by atoms with Gasteiger partial charge in [0, 0.05) is 12.5 Å². The van der Waals surface area contributed by atoms with Gasteiger partial charge in [0.2, 0.25) is 0 Å². The Morgan fingerprint density at radius 2 is 1.76 bits per heavy atom. The molecule has 0 saturated carbocycles. The SMILES string of the molecule is CC[C@H](CNC(=O)[C@@H](C)[NH+]1CCN(c2ccccc2OC)CC1)c1ccccc1. The Labute approximate surface area is 174 Å².